The van der Waals surface area contributed by atoms with Crippen molar-refractivity contribution in [3.05, 3.63) is 46.1 Å². The first-order valence-electron chi connectivity index (χ1n) is 6.63. The van der Waals surface area contributed by atoms with Crippen molar-refractivity contribution in [2.24, 2.45) is 0 Å². The minimum absolute atomic E-state index is 0.166. The van der Waals surface area contributed by atoms with E-state index >= 15 is 0 Å². The fourth-order valence-corrected chi connectivity index (χ4v) is 2.65. The van der Waals surface area contributed by atoms with E-state index in [2.05, 4.69) is 0 Å². The van der Waals surface area contributed by atoms with Gasteiger partial charge in [0.25, 0.3) is 0 Å². The van der Waals surface area contributed by atoms with Gasteiger partial charge in [-0.2, -0.15) is 5.26 Å². The maximum atomic E-state index is 10.9. The van der Waals surface area contributed by atoms with Gasteiger partial charge in [0.15, 0.2) is 0 Å². The second-order valence-electron chi connectivity index (χ2n) is 4.98. The van der Waals surface area contributed by atoms with E-state index < -0.39 is 5.97 Å². The van der Waals surface area contributed by atoms with Gasteiger partial charge in [-0.3, -0.25) is 0 Å². The molecule has 3 N–H and O–H groups in total. The summed E-state index contributed by atoms with van der Waals surface area (Å²) in [4.78, 5) is 10.9. The highest BCUT2D eigenvalue weighted by molar-refractivity contribution is 5.91. The van der Waals surface area contributed by atoms with Crippen molar-refractivity contribution in [1.82, 2.24) is 4.57 Å². The van der Waals surface area contributed by atoms with Crippen LogP contribution in [0.25, 0.3) is 17.5 Å². The van der Waals surface area contributed by atoms with Crippen molar-refractivity contribution in [3.8, 4) is 17.5 Å². The molecule has 1 aromatic carbocycles. The molecule has 0 saturated heterocycles. The number of carboxylic acids is 1. The molecular weight excluding hydrogens is 284 g/mol. The number of phenols is 1. The van der Waals surface area contributed by atoms with E-state index in [1.54, 1.807) is 16.8 Å². The molecule has 1 aromatic heterocycles. The molecule has 0 bridgehead atoms. The van der Waals surface area contributed by atoms with Crippen molar-refractivity contribution in [3.63, 3.8) is 0 Å². The predicted octanol–water partition coefficient (Wildman–Crippen LogP) is 0.993. The molecule has 0 fully saturated rings. The first-order chi connectivity index (χ1) is 10.5. The SMILES string of the molecule is N#Cc1cn(-c2ccc(C(=O)O)c(O)c2)c2c1=C(O)CCC=2. The van der Waals surface area contributed by atoms with E-state index in [0.717, 1.165) is 0 Å². The Kier molecular flexibility index (Phi) is 3.11. The molecule has 1 aliphatic rings. The van der Waals surface area contributed by atoms with Crippen molar-refractivity contribution < 1.29 is 20.1 Å². The van der Waals surface area contributed by atoms with Gasteiger partial charge in [-0.15, -0.1) is 0 Å². The zero-order chi connectivity index (χ0) is 15.9. The Morgan fingerprint density at radius 1 is 1.32 bits per heavy atom. The number of aromatic hydroxyl groups is 1. The van der Waals surface area contributed by atoms with E-state index in [1.807, 2.05) is 12.1 Å². The number of carbonyl (C=O) groups is 1. The molecule has 110 valence electrons. The van der Waals surface area contributed by atoms with Crippen LogP contribution in [0.15, 0.2) is 24.4 Å². The molecule has 22 heavy (non-hydrogen) atoms. The monoisotopic (exact) mass is 296 g/mol. The standard InChI is InChI=1S/C16H12N2O4/c17-7-9-8-18(12-2-1-3-13(19)15(9)12)10-4-5-11(16(21)22)14(20)6-10/h2,4-6,8,19-20H,1,3H2,(H,21,22). The third kappa shape index (κ3) is 2.00. The molecule has 0 saturated carbocycles. The topological polar surface area (TPSA) is 106 Å². The first-order valence-corrected chi connectivity index (χ1v) is 6.63. The van der Waals surface area contributed by atoms with Crippen LogP contribution in [0.5, 0.6) is 5.75 Å². The minimum Gasteiger partial charge on any atom is -0.512 e. The van der Waals surface area contributed by atoms with Crippen LogP contribution in [0.2, 0.25) is 0 Å². The molecular formula is C16H12N2O4. The normalized spacial score (nSPS) is 13.1. The average molecular weight is 296 g/mol. The van der Waals surface area contributed by atoms with Crippen molar-refractivity contribution in [2.75, 3.05) is 0 Å². The fourth-order valence-electron chi connectivity index (χ4n) is 2.65. The van der Waals surface area contributed by atoms with E-state index in [4.69, 9.17) is 5.11 Å². The quantitative estimate of drug-likeness (QED) is 0.766. The number of rotatable bonds is 2. The van der Waals surface area contributed by atoms with Crippen molar-refractivity contribution in [1.29, 1.82) is 5.26 Å². The van der Waals surface area contributed by atoms with E-state index in [0.29, 0.717) is 34.7 Å². The zero-order valence-corrected chi connectivity index (χ0v) is 11.4. The molecule has 6 nitrogen and oxygen atoms in total. The largest absolute Gasteiger partial charge is 0.512 e. The predicted molar refractivity (Wildman–Crippen MR) is 78.1 cm³/mol. The molecule has 0 spiro atoms. The highest BCUT2D eigenvalue weighted by Gasteiger charge is 2.15. The summed E-state index contributed by atoms with van der Waals surface area (Å²) in [5.74, 6) is -1.40. The van der Waals surface area contributed by atoms with Gasteiger partial charge >= 0.3 is 5.97 Å². The van der Waals surface area contributed by atoms with Gasteiger partial charge in [0.1, 0.15) is 23.1 Å². The molecule has 0 unspecified atom stereocenters. The lowest BCUT2D eigenvalue weighted by Gasteiger charge is -2.08. The summed E-state index contributed by atoms with van der Waals surface area (Å²) in [6.07, 6.45) is 4.60. The smallest absolute Gasteiger partial charge is 0.339 e. The van der Waals surface area contributed by atoms with E-state index in [9.17, 15) is 20.3 Å². The summed E-state index contributed by atoms with van der Waals surface area (Å²) < 4.78 is 1.66. The van der Waals surface area contributed by atoms with Gasteiger partial charge in [0.05, 0.1) is 16.1 Å². The summed E-state index contributed by atoms with van der Waals surface area (Å²) in [7, 11) is 0. The molecule has 0 radical (unpaired) electrons. The maximum Gasteiger partial charge on any atom is 0.339 e. The van der Waals surface area contributed by atoms with Gasteiger partial charge in [-0.25, -0.2) is 4.79 Å². The second-order valence-corrected chi connectivity index (χ2v) is 4.98. The second kappa shape index (κ2) is 4.97. The number of hydrogen-bond acceptors (Lipinski definition) is 4. The molecule has 1 heterocycles. The fraction of sp³-hybridized carbons (Fsp3) is 0.125. The third-order valence-corrected chi connectivity index (χ3v) is 3.66. The summed E-state index contributed by atoms with van der Waals surface area (Å²) in [5.41, 5.74) is 0.667. The number of hydrogen-bond donors (Lipinski definition) is 3. The van der Waals surface area contributed by atoms with E-state index in [1.165, 1.54) is 12.1 Å². The number of aliphatic hydroxyl groups is 1. The van der Waals surface area contributed by atoms with Crippen LogP contribution in [0, 0.1) is 11.3 Å². The van der Waals surface area contributed by atoms with Crippen LogP contribution in [0.1, 0.15) is 28.8 Å². The Morgan fingerprint density at radius 3 is 2.73 bits per heavy atom. The van der Waals surface area contributed by atoms with Crippen LogP contribution < -0.4 is 10.6 Å². The molecule has 2 aromatic rings. The van der Waals surface area contributed by atoms with Crippen LogP contribution in [-0.4, -0.2) is 25.9 Å². The van der Waals surface area contributed by atoms with Crippen LogP contribution >= 0.6 is 0 Å². The Hall–Kier alpha value is -3.20. The third-order valence-electron chi connectivity index (χ3n) is 3.66. The zero-order valence-electron chi connectivity index (χ0n) is 11.4. The van der Waals surface area contributed by atoms with Gasteiger partial charge in [0, 0.05) is 24.4 Å². The van der Waals surface area contributed by atoms with Crippen LogP contribution in [0.3, 0.4) is 0 Å². The van der Waals surface area contributed by atoms with Gasteiger partial charge in [-0.05, 0) is 18.6 Å². The highest BCUT2D eigenvalue weighted by atomic mass is 16.4. The number of nitriles is 1. The number of fused-ring (bicyclic) bond motifs is 1. The van der Waals surface area contributed by atoms with Gasteiger partial charge in [-0.1, -0.05) is 6.08 Å². The van der Waals surface area contributed by atoms with Gasteiger partial charge in [0.2, 0.25) is 0 Å². The average Bonchev–Trinajstić information content (AvgIpc) is 2.87. The Bertz CT molecular complexity index is 948. The number of benzene rings is 1. The Balaban J connectivity index is 2.28. The molecule has 3 rings (SSSR count). The number of carboxylic acid groups (broad SMARTS) is 1. The molecule has 1 aliphatic carbocycles. The lowest BCUT2D eigenvalue weighted by molar-refractivity contribution is 0.0693. The lowest BCUT2D eigenvalue weighted by atomic mass is 10.1. The van der Waals surface area contributed by atoms with Gasteiger partial charge < -0.3 is 19.9 Å². The first kappa shape index (κ1) is 13.8. The molecule has 6 heteroatoms. The van der Waals surface area contributed by atoms with E-state index in [-0.39, 0.29) is 17.1 Å². The number of aromatic carboxylic acids is 1. The summed E-state index contributed by atoms with van der Waals surface area (Å²) >= 11 is 0. The van der Waals surface area contributed by atoms with Crippen LogP contribution in [0.4, 0.5) is 0 Å². The summed E-state index contributed by atoms with van der Waals surface area (Å²) in [6.45, 7) is 0. The maximum absolute atomic E-state index is 10.9. The minimum atomic E-state index is -1.21. The molecule has 0 aliphatic heterocycles. The Labute approximate surface area is 125 Å². The number of aliphatic hydroxyl groups excluding tert-OH is 1. The number of aromatic nitrogens is 1. The van der Waals surface area contributed by atoms with Crippen LogP contribution in [-0.2, 0) is 0 Å². The lowest BCUT2D eigenvalue weighted by Crippen LogP contribution is -2.33. The highest BCUT2D eigenvalue weighted by Crippen LogP contribution is 2.21. The molecule has 0 amide bonds. The summed E-state index contributed by atoms with van der Waals surface area (Å²) in [6, 6.07) is 6.21. The van der Waals surface area contributed by atoms with Crippen molar-refractivity contribution >= 4 is 17.8 Å². The summed E-state index contributed by atoms with van der Waals surface area (Å²) in [5, 5.41) is 39.2. The van der Waals surface area contributed by atoms with Crippen molar-refractivity contribution in [2.45, 2.75) is 12.8 Å². The molecule has 0 atom stereocenters. The Morgan fingerprint density at radius 2 is 2.09 bits per heavy atom. The number of nitrogens with zero attached hydrogens (tertiary/aromatic N) is 2.